The highest BCUT2D eigenvalue weighted by atomic mass is 32.2. The lowest BCUT2D eigenvalue weighted by Crippen LogP contribution is -2.39. The predicted octanol–water partition coefficient (Wildman–Crippen LogP) is 4.59. The number of piperidine rings is 1. The quantitative estimate of drug-likeness (QED) is 0.743. The summed E-state index contributed by atoms with van der Waals surface area (Å²) in [6.07, 6.45) is 4.41. The van der Waals surface area contributed by atoms with E-state index in [0.717, 1.165) is 30.5 Å². The lowest BCUT2D eigenvalue weighted by atomic mass is 10.0. The van der Waals surface area contributed by atoms with E-state index in [1.807, 2.05) is 23.1 Å². The van der Waals surface area contributed by atoms with Gasteiger partial charge in [0, 0.05) is 25.0 Å². The van der Waals surface area contributed by atoms with Crippen LogP contribution in [0.15, 0.2) is 64.5 Å². The van der Waals surface area contributed by atoms with Crippen LogP contribution in [0.25, 0.3) is 0 Å². The van der Waals surface area contributed by atoms with Crippen LogP contribution >= 0.6 is 0 Å². The molecule has 1 fully saturated rings. The van der Waals surface area contributed by atoms with Gasteiger partial charge in [-0.15, -0.1) is 0 Å². The third-order valence-electron chi connectivity index (χ3n) is 5.62. The average Bonchev–Trinajstić information content (AvgIpc) is 2.74. The lowest BCUT2D eigenvalue weighted by molar-refractivity contribution is -0.127. The van der Waals surface area contributed by atoms with Crippen molar-refractivity contribution < 1.29 is 13.2 Å². The van der Waals surface area contributed by atoms with E-state index in [-0.39, 0.29) is 9.80 Å². The molecule has 2 aromatic rings. The topological polar surface area (TPSA) is 57.7 Å². The van der Waals surface area contributed by atoms with Crippen LogP contribution in [-0.4, -0.2) is 32.3 Å². The Balaban J connectivity index is 1.85. The van der Waals surface area contributed by atoms with Gasteiger partial charge < -0.3 is 9.80 Å². The molecule has 2 heterocycles. The number of anilines is 2. The molecule has 0 saturated carbocycles. The maximum Gasteiger partial charge on any atom is 0.267 e. The number of para-hydroxylation sites is 1. The van der Waals surface area contributed by atoms with Gasteiger partial charge in [-0.05, 0) is 55.0 Å². The molecule has 0 aromatic heterocycles. The number of rotatable bonds is 3. The number of hydrogen-bond donors (Lipinski definition) is 0. The monoisotopic (exact) mass is 410 g/mol. The van der Waals surface area contributed by atoms with Gasteiger partial charge >= 0.3 is 0 Å². The summed E-state index contributed by atoms with van der Waals surface area (Å²) in [5, 5.41) is 0. The van der Waals surface area contributed by atoms with E-state index in [1.54, 1.807) is 23.1 Å². The van der Waals surface area contributed by atoms with Crippen molar-refractivity contribution in [3.05, 3.63) is 65.2 Å². The van der Waals surface area contributed by atoms with Crippen LogP contribution in [0.2, 0.25) is 0 Å². The highest BCUT2D eigenvalue weighted by Gasteiger charge is 2.37. The summed E-state index contributed by atoms with van der Waals surface area (Å²) in [4.78, 5) is 16.7. The number of hydrogen-bond acceptors (Lipinski definition) is 4. The molecule has 0 radical (unpaired) electrons. The summed E-state index contributed by atoms with van der Waals surface area (Å²) in [5.74, 6) is -0.0543. The first-order valence-corrected chi connectivity index (χ1v) is 11.6. The Kier molecular flexibility index (Phi) is 5.21. The largest absolute Gasteiger partial charge is 0.338 e. The SMILES string of the molecule is CC(C)c1cccc(N2C=C(C(=O)N3CCCCC3)S(=O)(=O)c3ccccc32)c1. The van der Waals surface area contributed by atoms with Crippen LogP contribution in [0.5, 0.6) is 0 Å². The van der Waals surface area contributed by atoms with E-state index in [0.29, 0.717) is 24.7 Å². The highest BCUT2D eigenvalue weighted by Crippen LogP contribution is 2.40. The van der Waals surface area contributed by atoms with Crippen LogP contribution in [0.3, 0.4) is 0 Å². The van der Waals surface area contributed by atoms with Crippen molar-refractivity contribution in [2.45, 2.75) is 43.9 Å². The van der Waals surface area contributed by atoms with Crippen LogP contribution in [0.1, 0.15) is 44.6 Å². The first-order valence-electron chi connectivity index (χ1n) is 10.1. The number of fused-ring (bicyclic) bond motifs is 1. The minimum absolute atomic E-state index is 0.145. The maximum atomic E-state index is 13.3. The number of likely N-dealkylation sites (tertiary alicyclic amines) is 1. The van der Waals surface area contributed by atoms with Crippen LogP contribution < -0.4 is 4.90 Å². The van der Waals surface area contributed by atoms with Gasteiger partial charge in [0.15, 0.2) is 4.91 Å². The summed E-state index contributed by atoms with van der Waals surface area (Å²) >= 11 is 0. The van der Waals surface area contributed by atoms with Gasteiger partial charge in [0.2, 0.25) is 9.84 Å². The van der Waals surface area contributed by atoms with Gasteiger partial charge in [-0.1, -0.05) is 38.1 Å². The fourth-order valence-electron chi connectivity index (χ4n) is 3.93. The molecule has 0 aliphatic carbocycles. The van der Waals surface area contributed by atoms with Gasteiger partial charge in [-0.3, -0.25) is 4.79 Å². The Morgan fingerprint density at radius 3 is 2.41 bits per heavy atom. The summed E-state index contributed by atoms with van der Waals surface area (Å²) in [7, 11) is -3.87. The van der Waals surface area contributed by atoms with E-state index >= 15 is 0 Å². The minimum Gasteiger partial charge on any atom is -0.338 e. The number of carbonyl (C=O) groups is 1. The molecule has 0 spiro atoms. The predicted molar refractivity (Wildman–Crippen MR) is 115 cm³/mol. The zero-order valence-corrected chi connectivity index (χ0v) is 17.7. The number of sulfone groups is 1. The fraction of sp³-hybridized carbons (Fsp3) is 0.348. The van der Waals surface area contributed by atoms with Crippen molar-refractivity contribution in [3.63, 3.8) is 0 Å². The fourth-order valence-corrected chi connectivity index (χ4v) is 5.47. The standard InChI is InChI=1S/C23H26N2O3S/c1-17(2)18-9-8-10-19(15-18)25-16-22(23(26)24-13-6-3-7-14-24)29(27,28)21-12-5-4-11-20(21)25/h4-5,8-12,15-17H,3,6-7,13-14H2,1-2H3. The van der Waals surface area contributed by atoms with Gasteiger partial charge in [0.25, 0.3) is 5.91 Å². The van der Waals surface area contributed by atoms with Gasteiger partial charge in [0.05, 0.1) is 10.6 Å². The Labute approximate surface area is 172 Å². The van der Waals surface area contributed by atoms with Crippen molar-refractivity contribution >= 4 is 27.1 Å². The number of benzene rings is 2. The Hall–Kier alpha value is -2.60. The Morgan fingerprint density at radius 1 is 0.966 bits per heavy atom. The number of carbonyl (C=O) groups excluding carboxylic acids is 1. The third-order valence-corrected chi connectivity index (χ3v) is 7.40. The molecule has 6 heteroatoms. The smallest absolute Gasteiger partial charge is 0.267 e. The van der Waals surface area contributed by atoms with Gasteiger partial charge in [0.1, 0.15) is 0 Å². The molecule has 152 valence electrons. The molecular weight excluding hydrogens is 384 g/mol. The summed E-state index contributed by atoms with van der Waals surface area (Å²) in [5.41, 5.74) is 2.58. The molecule has 2 aromatic carbocycles. The molecule has 1 amide bonds. The van der Waals surface area contributed by atoms with E-state index < -0.39 is 15.7 Å². The normalized spacial score (nSPS) is 18.4. The third kappa shape index (κ3) is 3.57. The Bertz CT molecular complexity index is 1070. The Morgan fingerprint density at radius 2 is 1.69 bits per heavy atom. The highest BCUT2D eigenvalue weighted by molar-refractivity contribution is 7.96. The molecule has 0 unspecified atom stereocenters. The molecule has 2 aliphatic rings. The first-order chi connectivity index (χ1) is 13.9. The summed E-state index contributed by atoms with van der Waals surface area (Å²) < 4.78 is 26.6. The number of nitrogens with zero attached hydrogens (tertiary/aromatic N) is 2. The summed E-state index contributed by atoms with van der Waals surface area (Å²) in [6, 6.07) is 14.9. The zero-order chi connectivity index (χ0) is 20.6. The second-order valence-corrected chi connectivity index (χ2v) is 9.82. The second-order valence-electron chi connectivity index (χ2n) is 7.94. The molecule has 4 rings (SSSR count). The van der Waals surface area contributed by atoms with Crippen molar-refractivity contribution in [3.8, 4) is 0 Å². The van der Waals surface area contributed by atoms with Crippen LogP contribution in [-0.2, 0) is 14.6 Å². The molecular formula is C23H26N2O3S. The van der Waals surface area contributed by atoms with Crippen molar-refractivity contribution in [1.82, 2.24) is 4.90 Å². The molecule has 2 aliphatic heterocycles. The molecule has 1 saturated heterocycles. The summed E-state index contributed by atoms with van der Waals surface area (Å²) in [6.45, 7) is 5.45. The molecule has 0 N–H and O–H groups in total. The minimum atomic E-state index is -3.87. The van der Waals surface area contributed by atoms with Crippen molar-refractivity contribution in [2.24, 2.45) is 0 Å². The van der Waals surface area contributed by atoms with Gasteiger partial charge in [-0.25, -0.2) is 8.42 Å². The lowest BCUT2D eigenvalue weighted by Gasteiger charge is -2.32. The van der Waals surface area contributed by atoms with Gasteiger partial charge in [-0.2, -0.15) is 0 Å². The second kappa shape index (κ2) is 7.67. The van der Waals surface area contributed by atoms with Crippen molar-refractivity contribution in [1.29, 1.82) is 0 Å². The van der Waals surface area contributed by atoms with Crippen LogP contribution in [0, 0.1) is 0 Å². The molecule has 0 bridgehead atoms. The zero-order valence-electron chi connectivity index (χ0n) is 16.8. The average molecular weight is 411 g/mol. The van der Waals surface area contributed by atoms with Crippen LogP contribution in [0.4, 0.5) is 11.4 Å². The first kappa shape index (κ1) is 19.7. The van der Waals surface area contributed by atoms with E-state index in [4.69, 9.17) is 0 Å². The van der Waals surface area contributed by atoms with E-state index in [9.17, 15) is 13.2 Å². The molecule has 0 atom stereocenters. The molecule has 5 nitrogen and oxygen atoms in total. The maximum absolute atomic E-state index is 13.3. The van der Waals surface area contributed by atoms with Crippen molar-refractivity contribution in [2.75, 3.05) is 18.0 Å². The number of amides is 1. The van der Waals surface area contributed by atoms with E-state index in [2.05, 4.69) is 26.0 Å². The van der Waals surface area contributed by atoms with E-state index in [1.165, 1.54) is 6.20 Å². The molecule has 29 heavy (non-hydrogen) atoms.